The smallest absolute Gasteiger partial charge is 0.304 e. The minimum Gasteiger partial charge on any atom is -0.494 e. The first-order chi connectivity index (χ1) is 10.2. The van der Waals surface area contributed by atoms with E-state index >= 15 is 0 Å². The lowest BCUT2D eigenvalue weighted by atomic mass is 10.0. The average Bonchev–Trinajstić information content (AvgIpc) is 2.49. The van der Waals surface area contributed by atoms with Gasteiger partial charge < -0.3 is 14.6 Å². The first kappa shape index (κ1) is 15.8. The van der Waals surface area contributed by atoms with Gasteiger partial charge in [0.05, 0.1) is 26.2 Å². The zero-order valence-corrected chi connectivity index (χ0v) is 12.5. The molecule has 1 aromatic carbocycles. The van der Waals surface area contributed by atoms with Crippen molar-refractivity contribution in [1.82, 2.24) is 4.90 Å². The summed E-state index contributed by atoms with van der Waals surface area (Å²) in [7, 11) is 0. The molecule has 1 fully saturated rings. The van der Waals surface area contributed by atoms with Crippen molar-refractivity contribution in [1.29, 1.82) is 0 Å². The summed E-state index contributed by atoms with van der Waals surface area (Å²) < 4.78 is 10.8. The van der Waals surface area contributed by atoms with Crippen LogP contribution in [0, 0.1) is 0 Å². The minimum atomic E-state index is -0.752. The molecule has 5 heteroatoms. The monoisotopic (exact) mass is 293 g/mol. The zero-order chi connectivity index (χ0) is 15.1. The van der Waals surface area contributed by atoms with Crippen LogP contribution in [-0.4, -0.2) is 54.9 Å². The van der Waals surface area contributed by atoms with E-state index in [2.05, 4.69) is 4.90 Å². The van der Waals surface area contributed by atoms with Crippen molar-refractivity contribution in [2.24, 2.45) is 0 Å². The highest BCUT2D eigenvalue weighted by atomic mass is 16.5. The second-order valence-electron chi connectivity index (χ2n) is 5.18. The molecule has 0 aliphatic carbocycles. The predicted molar refractivity (Wildman–Crippen MR) is 79.7 cm³/mol. The molecular formula is C16H23NO4. The van der Waals surface area contributed by atoms with E-state index in [9.17, 15) is 4.79 Å². The molecule has 1 saturated heterocycles. The first-order valence-corrected chi connectivity index (χ1v) is 7.44. The fourth-order valence-corrected chi connectivity index (χ4v) is 2.64. The maximum atomic E-state index is 11.1. The van der Waals surface area contributed by atoms with Crippen molar-refractivity contribution in [3.63, 3.8) is 0 Å². The molecule has 1 unspecified atom stereocenters. The quantitative estimate of drug-likeness (QED) is 0.831. The topological polar surface area (TPSA) is 59.0 Å². The molecule has 2 rings (SSSR count). The van der Waals surface area contributed by atoms with Crippen LogP contribution in [0.4, 0.5) is 0 Å². The van der Waals surface area contributed by atoms with Gasteiger partial charge in [0.15, 0.2) is 0 Å². The number of morpholine rings is 1. The third-order valence-corrected chi connectivity index (χ3v) is 3.68. The molecule has 5 nitrogen and oxygen atoms in total. The average molecular weight is 293 g/mol. The lowest BCUT2D eigenvalue weighted by molar-refractivity contribution is -0.138. The highest BCUT2D eigenvalue weighted by Crippen LogP contribution is 2.17. The summed E-state index contributed by atoms with van der Waals surface area (Å²) in [5, 5.41) is 9.13. The minimum absolute atomic E-state index is 0.0179. The summed E-state index contributed by atoms with van der Waals surface area (Å²) in [6, 6.07) is 7.93. The van der Waals surface area contributed by atoms with Crippen LogP contribution < -0.4 is 4.74 Å². The largest absolute Gasteiger partial charge is 0.494 e. The maximum Gasteiger partial charge on any atom is 0.304 e. The van der Waals surface area contributed by atoms with Crippen LogP contribution in [0.2, 0.25) is 0 Å². The van der Waals surface area contributed by atoms with Crippen LogP contribution in [0.25, 0.3) is 0 Å². The van der Waals surface area contributed by atoms with Gasteiger partial charge in [0, 0.05) is 19.1 Å². The van der Waals surface area contributed by atoms with Crippen molar-refractivity contribution < 1.29 is 19.4 Å². The van der Waals surface area contributed by atoms with Crippen LogP contribution in [0.5, 0.6) is 5.75 Å². The lowest BCUT2D eigenvalue weighted by Gasteiger charge is -2.33. The molecule has 0 saturated carbocycles. The number of carboxylic acid groups (broad SMARTS) is 1. The Labute approximate surface area is 125 Å². The third-order valence-electron chi connectivity index (χ3n) is 3.68. The summed E-state index contributed by atoms with van der Waals surface area (Å²) >= 11 is 0. The van der Waals surface area contributed by atoms with Crippen LogP contribution in [-0.2, 0) is 16.0 Å². The molecule has 0 radical (unpaired) electrons. The molecule has 21 heavy (non-hydrogen) atoms. The Hall–Kier alpha value is -1.59. The van der Waals surface area contributed by atoms with Gasteiger partial charge in [-0.3, -0.25) is 9.69 Å². The molecule has 0 spiro atoms. The Morgan fingerprint density at radius 1 is 1.33 bits per heavy atom. The summed E-state index contributed by atoms with van der Waals surface area (Å²) in [4.78, 5) is 13.3. The predicted octanol–water partition coefficient (Wildman–Crippen LogP) is 1.80. The number of ether oxygens (including phenoxy) is 2. The summed E-state index contributed by atoms with van der Waals surface area (Å²) in [6.45, 7) is 5.56. The molecule has 1 aromatic rings. The Morgan fingerprint density at radius 3 is 2.57 bits per heavy atom. The van der Waals surface area contributed by atoms with E-state index in [4.69, 9.17) is 14.6 Å². The molecule has 0 amide bonds. The standard InChI is InChI=1S/C16H23NO4/c1-2-21-15-5-3-13(4-6-15)11-14(12-16(18)19)17-7-9-20-10-8-17/h3-6,14H,2,7-12H2,1H3,(H,18,19). The molecule has 1 N–H and O–H groups in total. The van der Waals surface area contributed by atoms with Crippen molar-refractivity contribution in [3.8, 4) is 5.75 Å². The third kappa shape index (κ3) is 5.02. The SMILES string of the molecule is CCOc1ccc(CC(CC(=O)O)N2CCOCC2)cc1. The number of benzene rings is 1. The van der Waals surface area contributed by atoms with Gasteiger partial charge in [0.25, 0.3) is 0 Å². The number of nitrogens with zero attached hydrogens (tertiary/aromatic N) is 1. The van der Waals surface area contributed by atoms with Gasteiger partial charge in [-0.25, -0.2) is 0 Å². The van der Waals surface area contributed by atoms with E-state index in [1.54, 1.807) is 0 Å². The van der Waals surface area contributed by atoms with Crippen LogP contribution >= 0.6 is 0 Å². The van der Waals surface area contributed by atoms with Crippen LogP contribution in [0.1, 0.15) is 18.9 Å². The van der Waals surface area contributed by atoms with Gasteiger partial charge in [-0.1, -0.05) is 12.1 Å². The van der Waals surface area contributed by atoms with Gasteiger partial charge >= 0.3 is 5.97 Å². The number of aliphatic carboxylic acids is 1. The summed E-state index contributed by atoms with van der Waals surface area (Å²) in [6.07, 6.45) is 0.895. The fraction of sp³-hybridized carbons (Fsp3) is 0.562. The number of carboxylic acids is 1. The second-order valence-corrected chi connectivity index (χ2v) is 5.18. The lowest BCUT2D eigenvalue weighted by Crippen LogP contribution is -2.45. The van der Waals surface area contributed by atoms with Crippen LogP contribution in [0.3, 0.4) is 0 Å². The van der Waals surface area contributed by atoms with Gasteiger partial charge in [-0.2, -0.15) is 0 Å². The molecule has 1 aliphatic heterocycles. The van der Waals surface area contributed by atoms with Crippen molar-refractivity contribution in [2.75, 3.05) is 32.9 Å². The van der Waals surface area contributed by atoms with E-state index in [-0.39, 0.29) is 12.5 Å². The van der Waals surface area contributed by atoms with Gasteiger partial charge in [0.1, 0.15) is 5.75 Å². The van der Waals surface area contributed by atoms with Gasteiger partial charge in [-0.05, 0) is 31.0 Å². The Kier molecular flexibility index (Phi) is 6.02. The highest BCUT2D eigenvalue weighted by Gasteiger charge is 2.23. The second kappa shape index (κ2) is 8.00. The molecule has 1 aliphatic rings. The molecule has 0 bridgehead atoms. The number of hydrogen-bond acceptors (Lipinski definition) is 4. The van der Waals surface area contributed by atoms with E-state index in [1.165, 1.54) is 0 Å². The number of hydrogen-bond donors (Lipinski definition) is 1. The summed E-state index contributed by atoms with van der Waals surface area (Å²) in [5.41, 5.74) is 1.14. The highest BCUT2D eigenvalue weighted by molar-refractivity contribution is 5.67. The molecular weight excluding hydrogens is 270 g/mol. The number of carbonyl (C=O) groups is 1. The normalized spacial score (nSPS) is 17.4. The van der Waals surface area contributed by atoms with Crippen LogP contribution in [0.15, 0.2) is 24.3 Å². The molecule has 1 heterocycles. The van der Waals surface area contributed by atoms with Gasteiger partial charge in [0.2, 0.25) is 0 Å². The Balaban J connectivity index is 2.01. The number of rotatable bonds is 7. The van der Waals surface area contributed by atoms with Crippen molar-refractivity contribution in [3.05, 3.63) is 29.8 Å². The first-order valence-electron chi connectivity index (χ1n) is 7.44. The maximum absolute atomic E-state index is 11.1. The van der Waals surface area contributed by atoms with E-state index in [0.29, 0.717) is 19.8 Å². The zero-order valence-electron chi connectivity index (χ0n) is 12.5. The van der Waals surface area contributed by atoms with E-state index in [1.807, 2.05) is 31.2 Å². The van der Waals surface area contributed by atoms with Crippen molar-refractivity contribution in [2.45, 2.75) is 25.8 Å². The molecule has 116 valence electrons. The Bertz CT molecular complexity index is 440. The van der Waals surface area contributed by atoms with E-state index < -0.39 is 5.97 Å². The fourth-order valence-electron chi connectivity index (χ4n) is 2.64. The van der Waals surface area contributed by atoms with E-state index in [0.717, 1.165) is 30.8 Å². The summed E-state index contributed by atoms with van der Waals surface area (Å²) in [5.74, 6) is 0.0971. The molecule has 1 atom stereocenters. The van der Waals surface area contributed by atoms with Gasteiger partial charge in [-0.15, -0.1) is 0 Å². The van der Waals surface area contributed by atoms with Crippen molar-refractivity contribution >= 4 is 5.97 Å². The Morgan fingerprint density at radius 2 is 2.00 bits per heavy atom. The molecule has 0 aromatic heterocycles.